The largest absolute Gasteiger partial charge is 0.573 e. The van der Waals surface area contributed by atoms with Gasteiger partial charge in [0.2, 0.25) is 0 Å². The Kier molecular flexibility index (Phi) is 5.22. The van der Waals surface area contributed by atoms with E-state index in [4.69, 9.17) is 0 Å². The third-order valence-corrected chi connectivity index (χ3v) is 6.28. The van der Waals surface area contributed by atoms with Crippen LogP contribution in [0.5, 0.6) is 5.75 Å². The first-order chi connectivity index (χ1) is 13.1. The van der Waals surface area contributed by atoms with Gasteiger partial charge in [-0.15, -0.1) is 24.5 Å². The molecule has 28 heavy (non-hydrogen) atoms. The van der Waals surface area contributed by atoms with Crippen LogP contribution in [0.15, 0.2) is 53.4 Å². The zero-order valence-electron chi connectivity index (χ0n) is 14.1. The van der Waals surface area contributed by atoms with Crippen LogP contribution >= 0.6 is 11.3 Å². The summed E-state index contributed by atoms with van der Waals surface area (Å²) >= 11 is 0.964. The highest BCUT2D eigenvalue weighted by Gasteiger charge is 2.31. The summed E-state index contributed by atoms with van der Waals surface area (Å²) in [6.45, 7) is 0. The molecule has 0 aliphatic heterocycles. The quantitative estimate of drug-likeness (QED) is 0.606. The number of alkyl halides is 3. The van der Waals surface area contributed by atoms with Gasteiger partial charge in [0.1, 0.15) is 15.5 Å². The Morgan fingerprint density at radius 2 is 1.71 bits per heavy atom. The monoisotopic (exact) mass is 431 g/mol. The summed E-state index contributed by atoms with van der Waals surface area (Å²) in [5.74, 6) is -1.30. The molecule has 11 heteroatoms. The third-order valence-electron chi connectivity index (χ3n) is 3.53. The predicted octanol–water partition coefficient (Wildman–Crippen LogP) is 4.39. The van der Waals surface area contributed by atoms with Gasteiger partial charge in [-0.2, -0.15) is 0 Å². The molecule has 3 aromatic rings. The second kappa shape index (κ2) is 7.32. The Bertz CT molecular complexity index is 1120. The summed E-state index contributed by atoms with van der Waals surface area (Å²) in [6.07, 6.45) is -4.86. The molecule has 1 aromatic heterocycles. The topological polar surface area (TPSA) is 81.7 Å². The van der Waals surface area contributed by atoms with Gasteiger partial charge >= 0.3 is 12.3 Å². The molecule has 0 fully saturated rings. The van der Waals surface area contributed by atoms with Crippen LogP contribution in [-0.2, 0) is 14.8 Å². The van der Waals surface area contributed by atoms with Gasteiger partial charge in [0, 0.05) is 15.8 Å². The lowest BCUT2D eigenvalue weighted by Crippen LogP contribution is -2.17. The van der Waals surface area contributed by atoms with E-state index in [1.165, 1.54) is 0 Å². The van der Waals surface area contributed by atoms with Crippen molar-refractivity contribution in [3.63, 3.8) is 0 Å². The van der Waals surface area contributed by atoms with E-state index in [1.807, 2.05) is 0 Å². The van der Waals surface area contributed by atoms with Crippen LogP contribution in [0.2, 0.25) is 0 Å². The van der Waals surface area contributed by atoms with Crippen LogP contribution in [0, 0.1) is 0 Å². The van der Waals surface area contributed by atoms with Gasteiger partial charge in [0.25, 0.3) is 10.0 Å². The van der Waals surface area contributed by atoms with Gasteiger partial charge in [0.15, 0.2) is 0 Å². The maximum absolute atomic E-state index is 12.9. The van der Waals surface area contributed by atoms with Crippen LogP contribution in [0.3, 0.4) is 0 Å². The summed E-state index contributed by atoms with van der Waals surface area (Å²) in [6, 6.07) is 10.7. The fourth-order valence-electron chi connectivity index (χ4n) is 2.45. The molecule has 148 valence electrons. The summed E-state index contributed by atoms with van der Waals surface area (Å²) in [7, 11) is -3.10. The zero-order chi connectivity index (χ0) is 20.5. The number of benzene rings is 2. The van der Waals surface area contributed by atoms with Crippen LogP contribution in [0.25, 0.3) is 10.1 Å². The molecule has 0 aliphatic rings. The molecule has 0 bridgehead atoms. The summed E-state index contributed by atoms with van der Waals surface area (Å²) in [4.78, 5) is 11.7. The standard InChI is InChI=1S/C17H12F3NO5S2/c1-25-16(22)14-15(12-4-2-3-5-13(12)27-14)28(23,24)21-10-6-8-11(9-7-10)26-17(18,19)20/h2-9,21H,1H3. The molecule has 0 amide bonds. The molecule has 1 heterocycles. The molecule has 0 saturated carbocycles. The van der Waals surface area contributed by atoms with E-state index >= 15 is 0 Å². The highest BCUT2D eigenvalue weighted by atomic mass is 32.2. The summed E-state index contributed by atoms with van der Waals surface area (Å²) < 4.78 is 73.7. The number of hydrogen-bond donors (Lipinski definition) is 1. The van der Waals surface area contributed by atoms with Gasteiger partial charge in [0.05, 0.1) is 7.11 Å². The van der Waals surface area contributed by atoms with Gasteiger partial charge in [-0.05, 0) is 30.3 Å². The second-order valence-corrected chi connectivity index (χ2v) is 8.10. The number of fused-ring (bicyclic) bond motifs is 1. The molecular formula is C17H12F3NO5S2. The van der Waals surface area contributed by atoms with Crippen LogP contribution in [-0.4, -0.2) is 27.9 Å². The molecule has 1 N–H and O–H groups in total. The molecule has 6 nitrogen and oxygen atoms in total. The lowest BCUT2D eigenvalue weighted by atomic mass is 10.2. The zero-order valence-corrected chi connectivity index (χ0v) is 15.7. The smallest absolute Gasteiger partial charge is 0.465 e. The maximum Gasteiger partial charge on any atom is 0.573 e. The minimum absolute atomic E-state index is 0.000575. The first kappa shape index (κ1) is 20.0. The average molecular weight is 431 g/mol. The van der Waals surface area contributed by atoms with Crippen molar-refractivity contribution in [3.8, 4) is 5.75 Å². The minimum Gasteiger partial charge on any atom is -0.465 e. The van der Waals surface area contributed by atoms with Gasteiger partial charge in [-0.25, -0.2) is 13.2 Å². The summed E-state index contributed by atoms with van der Waals surface area (Å²) in [5.41, 5.74) is 0.000575. The highest BCUT2D eigenvalue weighted by molar-refractivity contribution is 7.93. The van der Waals surface area contributed by atoms with E-state index in [0.29, 0.717) is 10.1 Å². The number of hydrogen-bond acceptors (Lipinski definition) is 6. The molecule has 0 saturated heterocycles. The van der Waals surface area contributed by atoms with Crippen molar-refractivity contribution in [2.24, 2.45) is 0 Å². The SMILES string of the molecule is COC(=O)c1sc2ccccc2c1S(=O)(=O)Nc1ccc(OC(F)(F)F)cc1. The Morgan fingerprint density at radius 3 is 2.32 bits per heavy atom. The molecular weight excluding hydrogens is 419 g/mol. The first-order valence-corrected chi connectivity index (χ1v) is 9.89. The number of esters is 1. The Morgan fingerprint density at radius 1 is 1.07 bits per heavy atom. The van der Waals surface area contributed by atoms with Crippen LogP contribution in [0.4, 0.5) is 18.9 Å². The molecule has 0 spiro atoms. The number of anilines is 1. The molecule has 2 aromatic carbocycles. The van der Waals surface area contributed by atoms with Crippen molar-refractivity contribution < 1.29 is 35.9 Å². The number of thiophene rings is 1. The van der Waals surface area contributed by atoms with Gasteiger partial charge in [-0.3, -0.25) is 4.72 Å². The highest BCUT2D eigenvalue weighted by Crippen LogP contribution is 2.36. The fraction of sp³-hybridized carbons (Fsp3) is 0.118. The number of ether oxygens (including phenoxy) is 2. The lowest BCUT2D eigenvalue weighted by molar-refractivity contribution is -0.274. The van der Waals surface area contributed by atoms with Crippen molar-refractivity contribution in [1.29, 1.82) is 0 Å². The Labute approximate surface area is 161 Å². The van der Waals surface area contributed by atoms with E-state index in [1.54, 1.807) is 24.3 Å². The maximum atomic E-state index is 12.9. The number of carbonyl (C=O) groups excluding carboxylic acids is 1. The van der Waals surface area contributed by atoms with E-state index in [-0.39, 0.29) is 15.5 Å². The molecule has 0 aliphatic carbocycles. The third kappa shape index (κ3) is 4.20. The Hall–Kier alpha value is -2.79. The van der Waals surface area contributed by atoms with E-state index in [0.717, 1.165) is 42.7 Å². The van der Waals surface area contributed by atoms with Crippen molar-refractivity contribution in [2.75, 3.05) is 11.8 Å². The minimum atomic E-state index is -4.86. The van der Waals surface area contributed by atoms with E-state index in [9.17, 15) is 26.4 Å². The predicted molar refractivity (Wildman–Crippen MR) is 97.1 cm³/mol. The number of carbonyl (C=O) groups is 1. The average Bonchev–Trinajstić information content (AvgIpc) is 3.02. The second-order valence-electron chi connectivity index (χ2n) is 5.43. The fourth-order valence-corrected chi connectivity index (χ4v) is 5.32. The van der Waals surface area contributed by atoms with Crippen molar-refractivity contribution in [2.45, 2.75) is 11.3 Å². The number of methoxy groups -OCH3 is 1. The molecule has 0 unspecified atom stereocenters. The van der Waals surface area contributed by atoms with Crippen molar-refractivity contribution >= 4 is 43.1 Å². The molecule has 0 atom stereocenters. The van der Waals surface area contributed by atoms with E-state index < -0.39 is 28.1 Å². The van der Waals surface area contributed by atoms with Crippen LogP contribution in [0.1, 0.15) is 9.67 Å². The van der Waals surface area contributed by atoms with Gasteiger partial charge in [-0.1, -0.05) is 18.2 Å². The molecule has 3 rings (SSSR count). The number of sulfonamides is 1. The molecule has 0 radical (unpaired) electrons. The van der Waals surface area contributed by atoms with Crippen molar-refractivity contribution in [1.82, 2.24) is 0 Å². The van der Waals surface area contributed by atoms with E-state index in [2.05, 4.69) is 14.2 Å². The summed E-state index contributed by atoms with van der Waals surface area (Å²) in [5, 5.41) is 0.331. The lowest BCUT2D eigenvalue weighted by Gasteiger charge is -2.11. The Balaban J connectivity index is 1.98. The van der Waals surface area contributed by atoms with Crippen LogP contribution < -0.4 is 9.46 Å². The number of halogens is 3. The van der Waals surface area contributed by atoms with Gasteiger partial charge < -0.3 is 9.47 Å². The number of nitrogens with one attached hydrogen (secondary N) is 1. The van der Waals surface area contributed by atoms with Crippen molar-refractivity contribution in [3.05, 3.63) is 53.4 Å². The first-order valence-electron chi connectivity index (χ1n) is 7.59. The number of rotatable bonds is 5. The normalized spacial score (nSPS) is 12.0.